The summed E-state index contributed by atoms with van der Waals surface area (Å²) in [6, 6.07) is 0. The number of rotatable bonds is 7. The lowest BCUT2D eigenvalue weighted by atomic mass is 9.57. The minimum Gasteiger partial charge on any atom is -0.451 e. The molecule has 0 bridgehead atoms. The number of hydrogen-bond acceptors (Lipinski definition) is 4. The summed E-state index contributed by atoms with van der Waals surface area (Å²) in [5.41, 5.74) is 2.03. The molecule has 0 radical (unpaired) electrons. The van der Waals surface area contributed by atoms with Crippen molar-refractivity contribution in [2.45, 2.75) is 103 Å². The van der Waals surface area contributed by atoms with Gasteiger partial charge in [0.25, 0.3) is 0 Å². The summed E-state index contributed by atoms with van der Waals surface area (Å²) in [5, 5.41) is 0.189. The molecule has 1 aliphatic carbocycles. The van der Waals surface area contributed by atoms with Crippen LogP contribution in [0.4, 0.5) is 0 Å². The maximum Gasteiger partial charge on any atom is 0.309 e. The molecular formula is C25H42O4Si. The van der Waals surface area contributed by atoms with Crippen LogP contribution < -0.4 is 0 Å². The van der Waals surface area contributed by atoms with Crippen LogP contribution in [0.2, 0.25) is 18.1 Å². The molecule has 2 saturated heterocycles. The molecule has 2 aliphatic heterocycles. The third kappa shape index (κ3) is 4.22. The molecule has 3 rings (SSSR count). The van der Waals surface area contributed by atoms with Gasteiger partial charge in [-0.1, -0.05) is 45.4 Å². The van der Waals surface area contributed by atoms with Crippen LogP contribution in [-0.4, -0.2) is 39.2 Å². The van der Waals surface area contributed by atoms with Crippen molar-refractivity contribution >= 4 is 14.3 Å². The Morgan fingerprint density at radius 3 is 2.67 bits per heavy atom. The van der Waals surface area contributed by atoms with Gasteiger partial charge in [0.15, 0.2) is 13.9 Å². The molecule has 0 aromatic heterocycles. The third-order valence-corrected chi connectivity index (χ3v) is 12.7. The van der Waals surface area contributed by atoms with Gasteiger partial charge in [0.1, 0.15) is 6.10 Å². The Bertz CT molecular complexity index is 728. The van der Waals surface area contributed by atoms with Crippen molar-refractivity contribution in [3.05, 3.63) is 23.3 Å². The molecule has 0 N–H and O–H groups in total. The Kier molecular flexibility index (Phi) is 6.50. The van der Waals surface area contributed by atoms with Crippen LogP contribution in [0.1, 0.15) is 73.6 Å². The van der Waals surface area contributed by atoms with Crippen LogP contribution in [0.5, 0.6) is 0 Å². The maximum atomic E-state index is 12.4. The van der Waals surface area contributed by atoms with Crippen LogP contribution in [0.25, 0.3) is 0 Å². The molecule has 2 fully saturated rings. The predicted molar refractivity (Wildman–Crippen MR) is 124 cm³/mol. The van der Waals surface area contributed by atoms with Crippen LogP contribution in [0, 0.1) is 11.3 Å². The molecule has 2 heterocycles. The highest BCUT2D eigenvalue weighted by Crippen LogP contribution is 2.59. The molecule has 0 aromatic carbocycles. The monoisotopic (exact) mass is 434 g/mol. The van der Waals surface area contributed by atoms with Gasteiger partial charge in [-0.05, 0) is 68.7 Å². The van der Waals surface area contributed by atoms with E-state index in [2.05, 4.69) is 66.8 Å². The number of esters is 1. The van der Waals surface area contributed by atoms with E-state index in [4.69, 9.17) is 13.9 Å². The zero-order valence-electron chi connectivity index (χ0n) is 20.4. The smallest absolute Gasteiger partial charge is 0.309 e. The Morgan fingerprint density at radius 1 is 1.33 bits per heavy atom. The highest BCUT2D eigenvalue weighted by atomic mass is 28.4. The summed E-state index contributed by atoms with van der Waals surface area (Å²) in [6.45, 7) is 19.5. The molecule has 0 aromatic rings. The molecule has 4 nitrogen and oxygen atoms in total. The van der Waals surface area contributed by atoms with E-state index in [1.165, 1.54) is 11.1 Å². The molecule has 0 amide bonds. The van der Waals surface area contributed by atoms with Gasteiger partial charge < -0.3 is 13.9 Å². The number of carbonyl (C=O) groups excluding carboxylic acids is 1. The van der Waals surface area contributed by atoms with Gasteiger partial charge in [0, 0.05) is 12.5 Å². The van der Waals surface area contributed by atoms with Gasteiger partial charge >= 0.3 is 5.97 Å². The summed E-state index contributed by atoms with van der Waals surface area (Å²) in [7, 11) is -1.82. The van der Waals surface area contributed by atoms with E-state index in [0.717, 1.165) is 32.3 Å². The van der Waals surface area contributed by atoms with E-state index in [0.29, 0.717) is 13.0 Å². The Labute approximate surface area is 184 Å². The summed E-state index contributed by atoms with van der Waals surface area (Å²) >= 11 is 0. The number of ether oxygens (including phenoxy) is 2. The fourth-order valence-corrected chi connectivity index (χ4v) is 6.35. The zero-order chi connectivity index (χ0) is 22.4. The van der Waals surface area contributed by atoms with Crippen LogP contribution >= 0.6 is 0 Å². The van der Waals surface area contributed by atoms with Gasteiger partial charge in [-0.3, -0.25) is 4.79 Å². The number of allylic oxidation sites excluding steroid dienone is 3. The maximum absolute atomic E-state index is 12.4. The lowest BCUT2D eigenvalue weighted by Crippen LogP contribution is -2.54. The van der Waals surface area contributed by atoms with Gasteiger partial charge in [0.2, 0.25) is 0 Å². The average Bonchev–Trinajstić information content (AvgIpc) is 3.09. The van der Waals surface area contributed by atoms with E-state index >= 15 is 0 Å². The Hall–Kier alpha value is -0.913. The Balaban J connectivity index is 1.87. The first-order chi connectivity index (χ1) is 13.8. The van der Waals surface area contributed by atoms with Crippen molar-refractivity contribution in [2.24, 2.45) is 11.3 Å². The zero-order valence-corrected chi connectivity index (χ0v) is 21.4. The van der Waals surface area contributed by atoms with Crippen LogP contribution in [0.3, 0.4) is 0 Å². The quantitative estimate of drug-likeness (QED) is 0.272. The first-order valence-corrected chi connectivity index (χ1v) is 14.5. The fraction of sp³-hybridized carbons (Fsp3) is 0.800. The molecule has 1 spiro atoms. The van der Waals surface area contributed by atoms with E-state index in [1.807, 2.05) is 0 Å². The van der Waals surface area contributed by atoms with Crippen LogP contribution in [-0.2, 0) is 18.7 Å². The average molecular weight is 435 g/mol. The topological polar surface area (TPSA) is 44.8 Å². The van der Waals surface area contributed by atoms with E-state index in [-0.39, 0.29) is 28.4 Å². The van der Waals surface area contributed by atoms with E-state index in [9.17, 15) is 4.79 Å². The van der Waals surface area contributed by atoms with Crippen molar-refractivity contribution in [2.75, 3.05) is 13.2 Å². The summed E-state index contributed by atoms with van der Waals surface area (Å²) in [5.74, 6) is 0.105. The SMILES string of the molecule is CC(C)=CCC[C@@]1(C)CC=C2CO[C@H]3CC(=O)O[C@@]23[C@@H]1CCO[Si](C)(C)C(C)(C)C. The molecule has 30 heavy (non-hydrogen) atoms. The second-order valence-corrected chi connectivity index (χ2v) is 16.4. The molecule has 5 heteroatoms. The first-order valence-electron chi connectivity index (χ1n) is 11.6. The van der Waals surface area contributed by atoms with Crippen molar-refractivity contribution in [1.29, 1.82) is 0 Å². The van der Waals surface area contributed by atoms with E-state index in [1.54, 1.807) is 0 Å². The summed E-state index contributed by atoms with van der Waals surface area (Å²) < 4.78 is 18.8. The minimum atomic E-state index is -1.82. The fourth-order valence-electron chi connectivity index (χ4n) is 5.29. The van der Waals surface area contributed by atoms with Crippen molar-refractivity contribution in [3.8, 4) is 0 Å². The molecule has 3 aliphatic rings. The second kappa shape index (κ2) is 8.21. The second-order valence-electron chi connectivity index (χ2n) is 11.6. The first kappa shape index (κ1) is 23.7. The lowest BCUT2D eigenvalue weighted by molar-refractivity contribution is -0.157. The lowest BCUT2D eigenvalue weighted by Gasteiger charge is -2.50. The normalized spacial score (nSPS) is 33.6. The van der Waals surface area contributed by atoms with Crippen molar-refractivity contribution < 1.29 is 18.7 Å². The highest BCUT2D eigenvalue weighted by molar-refractivity contribution is 6.74. The van der Waals surface area contributed by atoms with Crippen molar-refractivity contribution in [1.82, 2.24) is 0 Å². The highest BCUT2D eigenvalue weighted by Gasteiger charge is 2.65. The molecular weight excluding hydrogens is 392 g/mol. The summed E-state index contributed by atoms with van der Waals surface area (Å²) in [4.78, 5) is 12.4. The Morgan fingerprint density at radius 2 is 2.03 bits per heavy atom. The van der Waals surface area contributed by atoms with Gasteiger partial charge in [-0.25, -0.2) is 0 Å². The summed E-state index contributed by atoms with van der Waals surface area (Å²) in [6.07, 6.45) is 8.93. The number of hydrogen-bond donors (Lipinski definition) is 0. The molecule has 170 valence electrons. The van der Waals surface area contributed by atoms with Gasteiger partial charge in [-0.15, -0.1) is 0 Å². The standard InChI is InChI=1S/C25H42O4Si/c1-18(2)10-9-13-24(6)14-11-19-17-27-21-16-22(26)29-25(19,21)20(24)12-15-28-30(7,8)23(3,4)5/h10-11,20-21H,9,12-17H2,1-8H3/t20-,21+,24+,25-/m1/s1. The third-order valence-electron chi connectivity index (χ3n) is 8.17. The number of carbonyl (C=O) groups is 1. The molecule has 0 unspecified atom stereocenters. The largest absolute Gasteiger partial charge is 0.451 e. The van der Waals surface area contributed by atoms with Crippen molar-refractivity contribution in [3.63, 3.8) is 0 Å². The van der Waals surface area contributed by atoms with Gasteiger partial charge in [0.05, 0.1) is 13.0 Å². The predicted octanol–water partition coefficient (Wildman–Crippen LogP) is 6.18. The van der Waals surface area contributed by atoms with Gasteiger partial charge in [-0.2, -0.15) is 0 Å². The van der Waals surface area contributed by atoms with Crippen LogP contribution in [0.15, 0.2) is 23.3 Å². The minimum absolute atomic E-state index is 0.0583. The van der Waals surface area contributed by atoms with E-state index < -0.39 is 13.9 Å². The molecule has 4 atom stereocenters. The molecule has 0 saturated carbocycles.